The monoisotopic (exact) mass is 372 g/mol. The van der Waals surface area contributed by atoms with Crippen molar-refractivity contribution in [3.63, 3.8) is 0 Å². The lowest BCUT2D eigenvalue weighted by atomic mass is 9.98. The number of imidazole rings is 1. The van der Waals surface area contributed by atoms with Crippen LogP contribution in [0, 0.1) is 5.92 Å². The number of hydrogen-bond donors (Lipinski definition) is 3. The smallest absolute Gasteiger partial charge is 0.328 e. The maximum absolute atomic E-state index is 12.3. The zero-order chi connectivity index (χ0) is 17.9. The fourth-order valence-electron chi connectivity index (χ4n) is 3.32. The molecule has 7 nitrogen and oxygen atoms in total. The van der Waals surface area contributed by atoms with E-state index in [0.29, 0.717) is 34.6 Å². The van der Waals surface area contributed by atoms with Crippen LogP contribution >= 0.6 is 11.6 Å². The second-order valence-electron chi connectivity index (χ2n) is 6.65. The van der Waals surface area contributed by atoms with Gasteiger partial charge in [-0.25, -0.2) is 9.78 Å². The maximum atomic E-state index is 12.3. The van der Waals surface area contributed by atoms with E-state index in [1.807, 2.05) is 24.3 Å². The largest absolute Gasteiger partial charge is 0.354 e. The van der Waals surface area contributed by atoms with Gasteiger partial charge in [0.25, 0.3) is 0 Å². The van der Waals surface area contributed by atoms with Crippen LogP contribution in [-0.2, 0) is 6.54 Å². The molecule has 1 saturated heterocycles. The highest BCUT2D eigenvalue weighted by atomic mass is 35.5. The highest BCUT2D eigenvalue weighted by molar-refractivity contribution is 6.30. The van der Waals surface area contributed by atoms with Gasteiger partial charge in [0, 0.05) is 11.6 Å². The topological polar surface area (TPSA) is 87.6 Å². The second-order valence-corrected chi connectivity index (χ2v) is 7.09. The Labute approximate surface area is 155 Å². The number of nitrogens with zero attached hydrogens (tertiary/aromatic N) is 3. The molecule has 0 aliphatic carbocycles. The minimum absolute atomic E-state index is 0.204. The molecule has 1 aliphatic heterocycles. The Kier molecular flexibility index (Phi) is 4.90. The molecule has 26 heavy (non-hydrogen) atoms. The van der Waals surface area contributed by atoms with E-state index in [9.17, 15) is 4.79 Å². The fraction of sp³-hybridized carbons (Fsp3) is 0.389. The SMILES string of the molecule is O=c1[nH]c2cnc(NCC3CCNCC3)nc2n1Cc1cccc(Cl)c1. The molecule has 3 heterocycles. The molecule has 0 unspecified atom stereocenters. The number of benzene rings is 1. The van der Waals surface area contributed by atoms with E-state index in [0.717, 1.165) is 38.0 Å². The molecule has 0 amide bonds. The van der Waals surface area contributed by atoms with Gasteiger partial charge in [-0.1, -0.05) is 23.7 Å². The molecular formula is C18H21ClN6O. The van der Waals surface area contributed by atoms with Gasteiger partial charge in [0.1, 0.15) is 5.52 Å². The average molecular weight is 373 g/mol. The van der Waals surface area contributed by atoms with Gasteiger partial charge in [0.05, 0.1) is 12.7 Å². The van der Waals surface area contributed by atoms with Crippen molar-refractivity contribution in [1.82, 2.24) is 24.8 Å². The molecule has 8 heteroatoms. The van der Waals surface area contributed by atoms with E-state index in [1.54, 1.807) is 10.8 Å². The Morgan fingerprint density at radius 3 is 2.96 bits per heavy atom. The number of aromatic nitrogens is 4. The van der Waals surface area contributed by atoms with Gasteiger partial charge in [0.2, 0.25) is 5.95 Å². The number of piperidine rings is 1. The van der Waals surface area contributed by atoms with Crippen molar-refractivity contribution in [2.45, 2.75) is 19.4 Å². The van der Waals surface area contributed by atoms with E-state index in [1.165, 1.54) is 0 Å². The summed E-state index contributed by atoms with van der Waals surface area (Å²) in [5, 5.41) is 7.33. The summed E-state index contributed by atoms with van der Waals surface area (Å²) in [6.45, 7) is 3.37. The molecule has 2 aromatic heterocycles. The first-order chi connectivity index (χ1) is 12.7. The van der Waals surface area contributed by atoms with Gasteiger partial charge in [0.15, 0.2) is 5.65 Å². The summed E-state index contributed by atoms with van der Waals surface area (Å²) < 4.78 is 1.61. The first kappa shape index (κ1) is 17.1. The first-order valence-electron chi connectivity index (χ1n) is 8.83. The van der Waals surface area contributed by atoms with Crippen molar-refractivity contribution >= 4 is 28.7 Å². The number of anilines is 1. The quantitative estimate of drug-likeness (QED) is 0.639. The summed E-state index contributed by atoms with van der Waals surface area (Å²) in [5.74, 6) is 1.17. The Balaban J connectivity index is 1.57. The van der Waals surface area contributed by atoms with Gasteiger partial charge in [-0.3, -0.25) is 4.57 Å². The molecule has 0 spiro atoms. The molecule has 0 radical (unpaired) electrons. The van der Waals surface area contributed by atoms with E-state index in [-0.39, 0.29) is 5.69 Å². The second kappa shape index (κ2) is 7.47. The maximum Gasteiger partial charge on any atom is 0.328 e. The lowest BCUT2D eigenvalue weighted by molar-refractivity contribution is 0.389. The van der Waals surface area contributed by atoms with E-state index in [4.69, 9.17) is 11.6 Å². The highest BCUT2D eigenvalue weighted by Crippen LogP contribution is 2.16. The molecule has 0 atom stereocenters. The normalized spacial score (nSPS) is 15.4. The van der Waals surface area contributed by atoms with Crippen LogP contribution in [0.2, 0.25) is 5.02 Å². The summed E-state index contributed by atoms with van der Waals surface area (Å²) in [6, 6.07) is 7.48. The number of nitrogens with one attached hydrogen (secondary N) is 3. The number of fused-ring (bicyclic) bond motifs is 1. The predicted octanol–water partition coefficient (Wildman–Crippen LogP) is 2.23. The lowest BCUT2D eigenvalue weighted by Gasteiger charge is -2.22. The minimum Gasteiger partial charge on any atom is -0.354 e. The minimum atomic E-state index is -0.204. The van der Waals surface area contributed by atoms with E-state index >= 15 is 0 Å². The third-order valence-electron chi connectivity index (χ3n) is 4.75. The van der Waals surface area contributed by atoms with E-state index in [2.05, 4.69) is 25.6 Å². The molecular weight excluding hydrogens is 352 g/mol. The number of aromatic amines is 1. The third-order valence-corrected chi connectivity index (χ3v) is 4.98. The summed E-state index contributed by atoms with van der Waals surface area (Å²) in [7, 11) is 0. The van der Waals surface area contributed by atoms with Gasteiger partial charge >= 0.3 is 5.69 Å². The van der Waals surface area contributed by atoms with Crippen molar-refractivity contribution in [1.29, 1.82) is 0 Å². The van der Waals surface area contributed by atoms with Crippen molar-refractivity contribution < 1.29 is 0 Å². The molecule has 136 valence electrons. The highest BCUT2D eigenvalue weighted by Gasteiger charge is 2.14. The van der Waals surface area contributed by atoms with Crippen LogP contribution < -0.4 is 16.3 Å². The van der Waals surface area contributed by atoms with Crippen LogP contribution in [0.4, 0.5) is 5.95 Å². The standard InChI is InChI=1S/C18H21ClN6O/c19-14-3-1-2-13(8-14)11-25-16-15(23-18(25)26)10-22-17(24-16)21-9-12-4-6-20-7-5-12/h1-3,8,10,12,20H,4-7,9,11H2,(H,23,26)(H,21,22,24). The average Bonchev–Trinajstić information content (AvgIpc) is 2.96. The van der Waals surface area contributed by atoms with Crippen LogP contribution in [0.15, 0.2) is 35.3 Å². The fourth-order valence-corrected chi connectivity index (χ4v) is 3.53. The van der Waals surface area contributed by atoms with Crippen LogP contribution in [-0.4, -0.2) is 39.2 Å². The van der Waals surface area contributed by atoms with Crippen molar-refractivity contribution in [2.75, 3.05) is 25.0 Å². The first-order valence-corrected chi connectivity index (χ1v) is 9.21. The number of rotatable bonds is 5. The molecule has 3 N–H and O–H groups in total. The zero-order valence-electron chi connectivity index (χ0n) is 14.3. The molecule has 4 rings (SSSR count). The predicted molar refractivity (Wildman–Crippen MR) is 103 cm³/mol. The summed E-state index contributed by atoms with van der Waals surface area (Å²) >= 11 is 6.05. The summed E-state index contributed by atoms with van der Waals surface area (Å²) in [4.78, 5) is 24.0. The molecule has 1 fully saturated rings. The number of H-pyrrole nitrogens is 1. The Morgan fingerprint density at radius 1 is 1.31 bits per heavy atom. The van der Waals surface area contributed by atoms with Gasteiger partial charge in [-0.05, 0) is 49.5 Å². The van der Waals surface area contributed by atoms with Crippen LogP contribution in [0.5, 0.6) is 0 Å². The van der Waals surface area contributed by atoms with E-state index < -0.39 is 0 Å². The summed E-state index contributed by atoms with van der Waals surface area (Å²) in [5.41, 5.74) is 1.97. The molecule has 0 saturated carbocycles. The van der Waals surface area contributed by atoms with Crippen molar-refractivity contribution in [2.24, 2.45) is 5.92 Å². The third kappa shape index (κ3) is 3.73. The zero-order valence-corrected chi connectivity index (χ0v) is 15.1. The Hall–Kier alpha value is -2.38. The molecule has 1 aromatic carbocycles. The van der Waals surface area contributed by atoms with Gasteiger partial charge in [-0.2, -0.15) is 4.98 Å². The molecule has 1 aliphatic rings. The number of hydrogen-bond acceptors (Lipinski definition) is 5. The summed E-state index contributed by atoms with van der Waals surface area (Å²) in [6.07, 6.45) is 3.96. The van der Waals surface area contributed by atoms with Gasteiger partial charge < -0.3 is 15.6 Å². The lowest BCUT2D eigenvalue weighted by Crippen LogP contribution is -2.31. The Morgan fingerprint density at radius 2 is 2.15 bits per heavy atom. The number of halogens is 1. The van der Waals surface area contributed by atoms with Crippen LogP contribution in [0.1, 0.15) is 18.4 Å². The van der Waals surface area contributed by atoms with Crippen LogP contribution in [0.25, 0.3) is 11.2 Å². The van der Waals surface area contributed by atoms with Crippen LogP contribution in [0.3, 0.4) is 0 Å². The molecule has 3 aromatic rings. The van der Waals surface area contributed by atoms with Gasteiger partial charge in [-0.15, -0.1) is 0 Å². The molecule has 0 bridgehead atoms. The Bertz CT molecular complexity index is 960. The van der Waals surface area contributed by atoms with Crippen molar-refractivity contribution in [3.05, 3.63) is 51.5 Å². The van der Waals surface area contributed by atoms with Crippen molar-refractivity contribution in [3.8, 4) is 0 Å².